The number of benzene rings is 1. The SMILES string of the molecule is NCC1(c2c3c(c(O)c4c2OCCC4)OCCC3)CCCC1. The molecule has 0 saturated heterocycles. The smallest absolute Gasteiger partial charge is 0.164 e. The van der Waals surface area contributed by atoms with Gasteiger partial charge in [0, 0.05) is 28.7 Å². The van der Waals surface area contributed by atoms with Gasteiger partial charge >= 0.3 is 0 Å². The highest BCUT2D eigenvalue weighted by atomic mass is 16.5. The maximum atomic E-state index is 10.7. The van der Waals surface area contributed by atoms with Crippen molar-refractivity contribution in [3.63, 3.8) is 0 Å². The lowest BCUT2D eigenvalue weighted by atomic mass is 9.73. The summed E-state index contributed by atoms with van der Waals surface area (Å²) in [4.78, 5) is 0. The quantitative estimate of drug-likeness (QED) is 0.882. The lowest BCUT2D eigenvalue weighted by Crippen LogP contribution is -2.35. The van der Waals surface area contributed by atoms with Crippen molar-refractivity contribution >= 4 is 0 Å². The number of ether oxygens (including phenoxy) is 2. The van der Waals surface area contributed by atoms with E-state index < -0.39 is 0 Å². The molecule has 0 radical (unpaired) electrons. The van der Waals surface area contributed by atoms with Gasteiger partial charge < -0.3 is 20.3 Å². The average Bonchev–Trinajstić information content (AvgIpc) is 3.05. The molecule has 22 heavy (non-hydrogen) atoms. The molecule has 0 bridgehead atoms. The Morgan fingerprint density at radius 3 is 2.23 bits per heavy atom. The summed E-state index contributed by atoms with van der Waals surface area (Å²) in [5.41, 5.74) is 9.64. The van der Waals surface area contributed by atoms with Crippen LogP contribution in [0.4, 0.5) is 0 Å². The Labute approximate surface area is 131 Å². The second-order valence-corrected chi connectivity index (χ2v) is 6.93. The first-order valence-corrected chi connectivity index (χ1v) is 8.64. The van der Waals surface area contributed by atoms with Crippen LogP contribution < -0.4 is 15.2 Å². The van der Waals surface area contributed by atoms with E-state index in [9.17, 15) is 5.11 Å². The van der Waals surface area contributed by atoms with Crippen LogP contribution in [0, 0.1) is 0 Å². The van der Waals surface area contributed by atoms with E-state index in [2.05, 4.69) is 0 Å². The molecule has 0 atom stereocenters. The molecule has 4 heteroatoms. The Kier molecular flexibility index (Phi) is 3.44. The van der Waals surface area contributed by atoms with Crippen LogP contribution in [0.5, 0.6) is 17.2 Å². The predicted molar refractivity (Wildman–Crippen MR) is 84.9 cm³/mol. The van der Waals surface area contributed by atoms with Crippen molar-refractivity contribution in [1.82, 2.24) is 0 Å². The Balaban J connectivity index is 1.99. The van der Waals surface area contributed by atoms with Crippen molar-refractivity contribution < 1.29 is 14.6 Å². The predicted octanol–water partition coefficient (Wildman–Crippen LogP) is 2.81. The van der Waals surface area contributed by atoms with E-state index >= 15 is 0 Å². The molecule has 2 aliphatic heterocycles. The van der Waals surface area contributed by atoms with Gasteiger partial charge in [-0.3, -0.25) is 0 Å². The fourth-order valence-electron chi connectivity index (χ4n) is 4.59. The topological polar surface area (TPSA) is 64.7 Å². The van der Waals surface area contributed by atoms with Crippen LogP contribution in [0.3, 0.4) is 0 Å². The normalized spacial score (nSPS) is 22.4. The minimum Gasteiger partial charge on any atom is -0.504 e. The summed E-state index contributed by atoms with van der Waals surface area (Å²) in [5.74, 6) is 1.96. The number of phenols is 1. The van der Waals surface area contributed by atoms with Crippen molar-refractivity contribution in [2.24, 2.45) is 5.73 Å². The van der Waals surface area contributed by atoms with Gasteiger partial charge in [-0.25, -0.2) is 0 Å². The molecule has 1 aliphatic carbocycles. The highest BCUT2D eigenvalue weighted by molar-refractivity contribution is 5.66. The molecule has 0 unspecified atom stereocenters. The fourth-order valence-corrected chi connectivity index (χ4v) is 4.59. The zero-order valence-corrected chi connectivity index (χ0v) is 13.1. The third-order valence-electron chi connectivity index (χ3n) is 5.69. The molecule has 120 valence electrons. The average molecular weight is 303 g/mol. The number of aromatic hydroxyl groups is 1. The first-order chi connectivity index (χ1) is 10.8. The summed E-state index contributed by atoms with van der Waals surface area (Å²) in [5, 5.41) is 10.7. The molecule has 1 saturated carbocycles. The van der Waals surface area contributed by atoms with E-state index in [0.29, 0.717) is 24.7 Å². The minimum atomic E-state index is 0.0138. The summed E-state index contributed by atoms with van der Waals surface area (Å²) in [6.45, 7) is 2.08. The Morgan fingerprint density at radius 1 is 0.909 bits per heavy atom. The van der Waals surface area contributed by atoms with Gasteiger partial charge in [0.1, 0.15) is 5.75 Å². The first kappa shape index (κ1) is 14.2. The van der Waals surface area contributed by atoms with Gasteiger partial charge in [0.05, 0.1) is 13.2 Å². The maximum absolute atomic E-state index is 10.7. The van der Waals surface area contributed by atoms with Crippen molar-refractivity contribution in [3.05, 3.63) is 16.7 Å². The van der Waals surface area contributed by atoms with Crippen molar-refractivity contribution in [2.45, 2.75) is 56.8 Å². The number of nitrogens with two attached hydrogens (primary N) is 1. The Bertz CT molecular complexity index is 553. The van der Waals surface area contributed by atoms with Gasteiger partial charge in [0.2, 0.25) is 0 Å². The highest BCUT2D eigenvalue weighted by Gasteiger charge is 2.42. The summed E-state index contributed by atoms with van der Waals surface area (Å²) in [6.07, 6.45) is 8.47. The van der Waals surface area contributed by atoms with Crippen LogP contribution >= 0.6 is 0 Å². The van der Waals surface area contributed by atoms with E-state index in [4.69, 9.17) is 15.2 Å². The van der Waals surface area contributed by atoms with Crippen molar-refractivity contribution in [2.75, 3.05) is 19.8 Å². The van der Waals surface area contributed by atoms with Gasteiger partial charge in [-0.1, -0.05) is 12.8 Å². The van der Waals surface area contributed by atoms with Crippen LogP contribution in [-0.4, -0.2) is 24.9 Å². The monoisotopic (exact) mass is 303 g/mol. The zero-order valence-electron chi connectivity index (χ0n) is 13.1. The molecular formula is C18H25NO3. The van der Waals surface area contributed by atoms with Crippen LogP contribution in [0.2, 0.25) is 0 Å². The Hall–Kier alpha value is -1.42. The molecule has 4 nitrogen and oxygen atoms in total. The van der Waals surface area contributed by atoms with E-state index in [0.717, 1.165) is 62.0 Å². The lowest BCUT2D eigenvalue weighted by Gasteiger charge is -2.37. The van der Waals surface area contributed by atoms with Crippen molar-refractivity contribution in [1.29, 1.82) is 0 Å². The van der Waals surface area contributed by atoms with E-state index in [-0.39, 0.29) is 5.41 Å². The van der Waals surface area contributed by atoms with Gasteiger partial charge in [-0.15, -0.1) is 0 Å². The summed E-state index contributed by atoms with van der Waals surface area (Å²) < 4.78 is 11.9. The molecule has 1 aromatic carbocycles. The van der Waals surface area contributed by atoms with Gasteiger partial charge in [0.25, 0.3) is 0 Å². The van der Waals surface area contributed by atoms with Gasteiger partial charge in [0.15, 0.2) is 11.5 Å². The number of phenolic OH excluding ortho intramolecular Hbond substituents is 1. The molecule has 0 amide bonds. The summed E-state index contributed by atoms with van der Waals surface area (Å²) in [7, 11) is 0. The van der Waals surface area contributed by atoms with E-state index in [1.807, 2.05) is 0 Å². The second-order valence-electron chi connectivity index (χ2n) is 6.93. The largest absolute Gasteiger partial charge is 0.504 e. The first-order valence-electron chi connectivity index (χ1n) is 8.64. The van der Waals surface area contributed by atoms with Crippen molar-refractivity contribution in [3.8, 4) is 17.2 Å². The van der Waals surface area contributed by atoms with E-state index in [1.165, 1.54) is 18.4 Å². The molecule has 3 aliphatic rings. The molecule has 0 aromatic heterocycles. The van der Waals surface area contributed by atoms with Crippen LogP contribution in [0.25, 0.3) is 0 Å². The third kappa shape index (κ3) is 1.93. The number of hydrogen-bond acceptors (Lipinski definition) is 4. The molecular weight excluding hydrogens is 278 g/mol. The van der Waals surface area contributed by atoms with Crippen LogP contribution in [0.1, 0.15) is 55.2 Å². The van der Waals surface area contributed by atoms with E-state index in [1.54, 1.807) is 0 Å². The zero-order chi connectivity index (χ0) is 15.2. The van der Waals surface area contributed by atoms with Gasteiger partial charge in [-0.05, 0) is 38.5 Å². The maximum Gasteiger partial charge on any atom is 0.164 e. The summed E-state index contributed by atoms with van der Waals surface area (Å²) >= 11 is 0. The van der Waals surface area contributed by atoms with Crippen LogP contribution in [-0.2, 0) is 18.3 Å². The lowest BCUT2D eigenvalue weighted by molar-refractivity contribution is 0.246. The molecule has 1 fully saturated rings. The second kappa shape index (κ2) is 5.34. The molecule has 2 heterocycles. The van der Waals surface area contributed by atoms with Crippen LogP contribution in [0.15, 0.2) is 0 Å². The number of rotatable bonds is 2. The standard InChI is InChI=1S/C18H25NO3/c19-11-18(7-1-2-8-18)14-12-5-3-10-22-17(12)15(20)13-6-4-9-21-16(13)14/h20H,1-11,19H2. The third-order valence-corrected chi connectivity index (χ3v) is 5.69. The highest BCUT2D eigenvalue weighted by Crippen LogP contribution is 2.54. The number of hydrogen-bond donors (Lipinski definition) is 2. The molecule has 4 rings (SSSR count). The Morgan fingerprint density at radius 2 is 1.55 bits per heavy atom. The summed E-state index contributed by atoms with van der Waals surface area (Å²) in [6, 6.07) is 0. The molecule has 0 spiro atoms. The fraction of sp³-hybridized carbons (Fsp3) is 0.667. The minimum absolute atomic E-state index is 0.0138. The molecule has 1 aromatic rings. The van der Waals surface area contributed by atoms with Gasteiger partial charge in [-0.2, -0.15) is 0 Å². The number of fused-ring (bicyclic) bond motifs is 2. The molecule has 3 N–H and O–H groups in total.